The van der Waals surface area contributed by atoms with Crippen LogP contribution >= 0.6 is 0 Å². The van der Waals surface area contributed by atoms with E-state index in [4.69, 9.17) is 9.47 Å². The van der Waals surface area contributed by atoms with Gasteiger partial charge in [0.2, 0.25) is 0 Å². The van der Waals surface area contributed by atoms with Gasteiger partial charge in [-0.25, -0.2) is 0 Å². The van der Waals surface area contributed by atoms with Crippen molar-refractivity contribution in [3.63, 3.8) is 0 Å². The average molecular weight is 262 g/mol. The van der Waals surface area contributed by atoms with Gasteiger partial charge in [-0.3, -0.25) is 9.59 Å². The third-order valence-corrected chi connectivity index (χ3v) is 3.22. The summed E-state index contributed by atoms with van der Waals surface area (Å²) in [5, 5.41) is 0. The summed E-state index contributed by atoms with van der Waals surface area (Å²) in [6.07, 6.45) is 1.25. The SMILES string of the molecule is CCOC(=O)C(C(=O)c1ccccc1)C1CCCO1. The highest BCUT2D eigenvalue weighted by molar-refractivity contribution is 6.09. The zero-order valence-electron chi connectivity index (χ0n) is 11.0. The molecule has 0 N–H and O–H groups in total. The van der Waals surface area contributed by atoms with Crippen LogP contribution in [0.3, 0.4) is 0 Å². The molecule has 4 nitrogen and oxygen atoms in total. The van der Waals surface area contributed by atoms with Gasteiger partial charge in [0.25, 0.3) is 0 Å². The zero-order valence-corrected chi connectivity index (χ0v) is 11.0. The van der Waals surface area contributed by atoms with Crippen LogP contribution in [0, 0.1) is 5.92 Å². The minimum absolute atomic E-state index is 0.217. The molecule has 1 aromatic carbocycles. The van der Waals surface area contributed by atoms with Gasteiger partial charge in [-0.15, -0.1) is 0 Å². The van der Waals surface area contributed by atoms with E-state index in [2.05, 4.69) is 0 Å². The van der Waals surface area contributed by atoms with Crippen molar-refractivity contribution in [3.05, 3.63) is 35.9 Å². The average Bonchev–Trinajstić information content (AvgIpc) is 2.94. The maximum Gasteiger partial charge on any atom is 0.319 e. The highest BCUT2D eigenvalue weighted by Gasteiger charge is 2.38. The lowest BCUT2D eigenvalue weighted by atomic mass is 9.91. The van der Waals surface area contributed by atoms with Crippen molar-refractivity contribution in [2.24, 2.45) is 5.92 Å². The smallest absolute Gasteiger partial charge is 0.319 e. The molecular formula is C15H18O4. The molecule has 19 heavy (non-hydrogen) atoms. The van der Waals surface area contributed by atoms with E-state index in [0.717, 1.165) is 12.8 Å². The molecule has 0 aromatic heterocycles. The van der Waals surface area contributed by atoms with Crippen molar-refractivity contribution in [1.82, 2.24) is 0 Å². The lowest BCUT2D eigenvalue weighted by molar-refractivity contribution is -0.149. The highest BCUT2D eigenvalue weighted by atomic mass is 16.5. The molecule has 0 radical (unpaired) electrons. The van der Waals surface area contributed by atoms with Gasteiger partial charge in [-0.05, 0) is 19.8 Å². The van der Waals surface area contributed by atoms with Crippen molar-refractivity contribution in [3.8, 4) is 0 Å². The fourth-order valence-corrected chi connectivity index (χ4v) is 2.31. The van der Waals surface area contributed by atoms with Crippen LogP contribution in [0.1, 0.15) is 30.1 Å². The van der Waals surface area contributed by atoms with Crippen molar-refractivity contribution in [2.45, 2.75) is 25.9 Å². The second kappa shape index (κ2) is 6.48. The molecule has 4 heteroatoms. The molecule has 0 aliphatic carbocycles. The normalized spacial score (nSPS) is 19.9. The summed E-state index contributed by atoms with van der Waals surface area (Å²) in [7, 11) is 0. The number of carbonyl (C=O) groups excluding carboxylic acids is 2. The minimum atomic E-state index is -0.843. The molecule has 1 aliphatic heterocycles. The van der Waals surface area contributed by atoms with E-state index in [0.29, 0.717) is 12.2 Å². The van der Waals surface area contributed by atoms with Crippen LogP contribution in [0.15, 0.2) is 30.3 Å². The molecule has 0 saturated carbocycles. The Morgan fingerprint density at radius 3 is 2.68 bits per heavy atom. The number of esters is 1. The van der Waals surface area contributed by atoms with Crippen LogP contribution in [0.2, 0.25) is 0 Å². The second-order valence-corrected chi connectivity index (χ2v) is 4.51. The molecule has 0 bridgehead atoms. The summed E-state index contributed by atoms with van der Waals surface area (Å²) in [5.74, 6) is -1.54. The maximum atomic E-state index is 12.5. The van der Waals surface area contributed by atoms with Gasteiger partial charge < -0.3 is 9.47 Å². The van der Waals surface area contributed by atoms with Crippen LogP contribution in [0.4, 0.5) is 0 Å². The molecule has 1 aromatic rings. The minimum Gasteiger partial charge on any atom is -0.465 e. The largest absolute Gasteiger partial charge is 0.465 e. The quantitative estimate of drug-likeness (QED) is 0.464. The van der Waals surface area contributed by atoms with Crippen LogP contribution in [-0.4, -0.2) is 31.1 Å². The van der Waals surface area contributed by atoms with Crippen molar-refractivity contribution in [1.29, 1.82) is 0 Å². The number of rotatable bonds is 5. The Morgan fingerprint density at radius 2 is 2.11 bits per heavy atom. The zero-order chi connectivity index (χ0) is 13.7. The number of benzene rings is 1. The fraction of sp³-hybridized carbons (Fsp3) is 0.467. The molecule has 2 atom stereocenters. The molecule has 2 rings (SSSR count). The van der Waals surface area contributed by atoms with Crippen LogP contribution in [0.5, 0.6) is 0 Å². The second-order valence-electron chi connectivity index (χ2n) is 4.51. The van der Waals surface area contributed by atoms with E-state index < -0.39 is 11.9 Å². The molecule has 1 fully saturated rings. The summed E-state index contributed by atoms with van der Waals surface area (Å²) in [4.78, 5) is 24.5. The number of carbonyl (C=O) groups is 2. The van der Waals surface area contributed by atoms with Gasteiger partial charge in [0.1, 0.15) is 5.92 Å². The Balaban J connectivity index is 2.21. The first-order chi connectivity index (χ1) is 9.24. The number of Topliss-reactive ketones (excluding diaryl/α,β-unsaturated/α-hetero) is 1. The van der Waals surface area contributed by atoms with E-state index >= 15 is 0 Å². The summed E-state index contributed by atoms with van der Waals surface area (Å²) in [5.41, 5.74) is 0.524. The first kappa shape index (κ1) is 13.7. The summed E-state index contributed by atoms with van der Waals surface area (Å²) in [6.45, 7) is 2.60. The summed E-state index contributed by atoms with van der Waals surface area (Å²) < 4.78 is 10.5. The Hall–Kier alpha value is -1.68. The molecule has 102 valence electrons. The first-order valence-electron chi connectivity index (χ1n) is 6.61. The predicted molar refractivity (Wildman–Crippen MR) is 69.9 cm³/mol. The van der Waals surface area contributed by atoms with Crippen LogP contribution in [-0.2, 0) is 14.3 Å². The number of hydrogen-bond acceptors (Lipinski definition) is 4. The van der Waals surface area contributed by atoms with E-state index in [9.17, 15) is 9.59 Å². The highest BCUT2D eigenvalue weighted by Crippen LogP contribution is 2.25. The van der Waals surface area contributed by atoms with Crippen molar-refractivity contribution < 1.29 is 19.1 Å². The third kappa shape index (κ3) is 3.20. The number of ether oxygens (including phenoxy) is 2. The van der Waals surface area contributed by atoms with Gasteiger partial charge in [-0.1, -0.05) is 30.3 Å². The summed E-state index contributed by atoms with van der Waals surface area (Å²) in [6, 6.07) is 8.82. The van der Waals surface area contributed by atoms with Gasteiger partial charge in [0, 0.05) is 12.2 Å². The van der Waals surface area contributed by atoms with E-state index in [1.54, 1.807) is 31.2 Å². The lowest BCUT2D eigenvalue weighted by Gasteiger charge is -2.20. The molecule has 2 unspecified atom stereocenters. The summed E-state index contributed by atoms with van der Waals surface area (Å²) >= 11 is 0. The molecule has 0 spiro atoms. The Labute approximate surface area is 112 Å². The fourth-order valence-electron chi connectivity index (χ4n) is 2.31. The first-order valence-corrected chi connectivity index (χ1v) is 6.61. The molecular weight excluding hydrogens is 244 g/mol. The van der Waals surface area contributed by atoms with Crippen LogP contribution in [0.25, 0.3) is 0 Å². The van der Waals surface area contributed by atoms with Crippen LogP contribution < -0.4 is 0 Å². The van der Waals surface area contributed by atoms with E-state index in [1.807, 2.05) is 6.07 Å². The molecule has 1 saturated heterocycles. The Kier molecular flexibility index (Phi) is 4.68. The molecule has 0 amide bonds. The number of ketones is 1. The monoisotopic (exact) mass is 262 g/mol. The maximum absolute atomic E-state index is 12.5. The number of hydrogen-bond donors (Lipinski definition) is 0. The molecule has 1 heterocycles. The van der Waals surface area contributed by atoms with E-state index in [1.165, 1.54) is 0 Å². The Morgan fingerprint density at radius 1 is 1.37 bits per heavy atom. The standard InChI is InChI=1S/C15H18O4/c1-2-18-15(17)13(12-9-6-10-19-12)14(16)11-7-4-3-5-8-11/h3-5,7-8,12-13H,2,6,9-10H2,1H3. The van der Waals surface area contributed by atoms with Gasteiger partial charge in [-0.2, -0.15) is 0 Å². The van der Waals surface area contributed by atoms with Crippen molar-refractivity contribution in [2.75, 3.05) is 13.2 Å². The topological polar surface area (TPSA) is 52.6 Å². The predicted octanol–water partition coefficient (Wildman–Crippen LogP) is 2.23. The van der Waals surface area contributed by atoms with Gasteiger partial charge in [0.05, 0.1) is 12.7 Å². The van der Waals surface area contributed by atoms with E-state index in [-0.39, 0.29) is 18.5 Å². The van der Waals surface area contributed by atoms with Gasteiger partial charge >= 0.3 is 5.97 Å². The lowest BCUT2D eigenvalue weighted by Crippen LogP contribution is -2.36. The third-order valence-electron chi connectivity index (χ3n) is 3.22. The van der Waals surface area contributed by atoms with Gasteiger partial charge in [0.15, 0.2) is 5.78 Å². The van der Waals surface area contributed by atoms with Crippen molar-refractivity contribution >= 4 is 11.8 Å². The Bertz CT molecular complexity index is 435. The molecule has 1 aliphatic rings.